The molecule has 0 unspecified atom stereocenters. The number of hydrogen-bond donors (Lipinski definition) is 2. The fourth-order valence-corrected chi connectivity index (χ4v) is 4.39. The van der Waals surface area contributed by atoms with Crippen molar-refractivity contribution in [2.24, 2.45) is 0 Å². The molecule has 27 heavy (non-hydrogen) atoms. The lowest BCUT2D eigenvalue weighted by atomic mass is 9.95. The van der Waals surface area contributed by atoms with Crippen LogP contribution in [0.3, 0.4) is 0 Å². The second kappa shape index (κ2) is 9.25. The summed E-state index contributed by atoms with van der Waals surface area (Å²) in [5, 5.41) is 5.96. The van der Waals surface area contributed by atoms with Gasteiger partial charge in [-0.1, -0.05) is 25.3 Å². The van der Waals surface area contributed by atoms with Crippen molar-refractivity contribution in [3.05, 3.63) is 28.8 Å². The predicted octanol–water partition coefficient (Wildman–Crippen LogP) is 3.99. The van der Waals surface area contributed by atoms with Crippen molar-refractivity contribution in [1.82, 2.24) is 10.6 Å². The van der Waals surface area contributed by atoms with Crippen molar-refractivity contribution in [2.75, 3.05) is 18.0 Å². The van der Waals surface area contributed by atoms with Gasteiger partial charge in [-0.3, -0.25) is 4.79 Å². The number of fused-ring (bicyclic) bond motifs is 1. The van der Waals surface area contributed by atoms with Gasteiger partial charge in [-0.05, 0) is 68.7 Å². The maximum absolute atomic E-state index is 12.7. The number of nitrogens with zero attached hydrogens (tertiary/aromatic N) is 1. The largest absolute Gasteiger partial charge is 0.338 e. The number of anilines is 1. The number of amides is 3. The Morgan fingerprint density at radius 2 is 1.89 bits per heavy atom. The van der Waals surface area contributed by atoms with E-state index in [-0.39, 0.29) is 11.9 Å². The molecule has 0 spiro atoms. The van der Waals surface area contributed by atoms with E-state index in [9.17, 15) is 9.59 Å². The molecule has 1 aromatic carbocycles. The molecule has 1 saturated carbocycles. The predicted molar refractivity (Wildman–Crippen MR) is 109 cm³/mol. The molecule has 1 fully saturated rings. The first-order valence-corrected chi connectivity index (χ1v) is 10.5. The van der Waals surface area contributed by atoms with Crippen LogP contribution in [0.1, 0.15) is 68.1 Å². The second-order valence-electron chi connectivity index (χ2n) is 8.07. The van der Waals surface area contributed by atoms with Gasteiger partial charge in [0.2, 0.25) is 5.91 Å². The van der Waals surface area contributed by atoms with Crippen LogP contribution in [0.4, 0.5) is 10.5 Å². The summed E-state index contributed by atoms with van der Waals surface area (Å²) in [6.07, 6.45) is 9.06. The van der Waals surface area contributed by atoms with E-state index in [4.69, 9.17) is 0 Å². The Balaban J connectivity index is 1.44. The third-order valence-electron chi connectivity index (χ3n) is 5.79. The molecule has 5 nitrogen and oxygen atoms in total. The maximum atomic E-state index is 12.7. The molecule has 1 aliphatic carbocycles. The van der Waals surface area contributed by atoms with E-state index in [1.54, 1.807) is 0 Å². The molecular formula is C22H33N3O2. The average Bonchev–Trinajstić information content (AvgIpc) is 2.65. The fourth-order valence-electron chi connectivity index (χ4n) is 4.39. The molecule has 0 atom stereocenters. The molecule has 2 aliphatic rings. The normalized spacial score (nSPS) is 17.3. The molecule has 1 aromatic rings. The van der Waals surface area contributed by atoms with Gasteiger partial charge in [0.15, 0.2) is 0 Å². The van der Waals surface area contributed by atoms with Crippen LogP contribution in [0.5, 0.6) is 0 Å². The summed E-state index contributed by atoms with van der Waals surface area (Å²) in [6, 6.07) is 4.55. The topological polar surface area (TPSA) is 61.4 Å². The number of rotatable bonds is 5. The Morgan fingerprint density at radius 1 is 1.11 bits per heavy atom. The van der Waals surface area contributed by atoms with Crippen LogP contribution in [0.2, 0.25) is 0 Å². The van der Waals surface area contributed by atoms with Crippen LogP contribution in [-0.4, -0.2) is 31.1 Å². The number of nitrogens with one attached hydrogen (secondary N) is 2. The molecule has 0 bridgehead atoms. The van der Waals surface area contributed by atoms with E-state index in [0.717, 1.165) is 37.9 Å². The quantitative estimate of drug-likeness (QED) is 0.769. The molecule has 5 heteroatoms. The number of benzene rings is 1. The fraction of sp³-hybridized carbons (Fsp3) is 0.636. The Labute approximate surface area is 162 Å². The van der Waals surface area contributed by atoms with Gasteiger partial charge < -0.3 is 15.5 Å². The highest BCUT2D eigenvalue weighted by atomic mass is 16.2. The zero-order chi connectivity index (χ0) is 19.2. The zero-order valence-electron chi connectivity index (χ0n) is 16.8. The number of carbonyl (C=O) groups excluding carboxylic acids is 2. The minimum atomic E-state index is -0.0936. The van der Waals surface area contributed by atoms with Gasteiger partial charge in [0.05, 0.1) is 0 Å². The third-order valence-corrected chi connectivity index (χ3v) is 5.79. The Morgan fingerprint density at radius 3 is 2.67 bits per heavy atom. The minimum absolute atomic E-state index is 0.0936. The first kappa shape index (κ1) is 19.7. The summed E-state index contributed by atoms with van der Waals surface area (Å²) in [6.45, 7) is 5.55. The molecule has 0 saturated heterocycles. The van der Waals surface area contributed by atoms with Gasteiger partial charge in [-0.2, -0.15) is 0 Å². The third kappa shape index (κ3) is 5.24. The van der Waals surface area contributed by atoms with Crippen LogP contribution in [0.15, 0.2) is 12.1 Å². The smallest absolute Gasteiger partial charge is 0.315 e. The number of hydrogen-bond acceptors (Lipinski definition) is 2. The van der Waals surface area contributed by atoms with E-state index in [0.29, 0.717) is 25.4 Å². The molecule has 3 amide bonds. The van der Waals surface area contributed by atoms with Crippen LogP contribution in [-0.2, 0) is 11.2 Å². The van der Waals surface area contributed by atoms with Gasteiger partial charge in [0.25, 0.3) is 0 Å². The maximum Gasteiger partial charge on any atom is 0.315 e. The first-order chi connectivity index (χ1) is 13.0. The lowest BCUT2D eigenvalue weighted by molar-refractivity contribution is -0.118. The number of aryl methyl sites for hydroxylation is 2. The molecule has 148 valence electrons. The van der Waals surface area contributed by atoms with Crippen molar-refractivity contribution in [1.29, 1.82) is 0 Å². The lowest BCUT2D eigenvalue weighted by Gasteiger charge is -2.31. The second-order valence-corrected chi connectivity index (χ2v) is 8.07. The molecular weight excluding hydrogens is 338 g/mol. The van der Waals surface area contributed by atoms with E-state index in [1.165, 1.54) is 36.0 Å². The Kier molecular flexibility index (Phi) is 6.75. The van der Waals surface area contributed by atoms with Crippen LogP contribution >= 0.6 is 0 Å². The lowest BCUT2D eigenvalue weighted by Crippen LogP contribution is -2.43. The van der Waals surface area contributed by atoms with Crippen molar-refractivity contribution < 1.29 is 9.59 Å². The highest BCUT2D eigenvalue weighted by Crippen LogP contribution is 2.31. The van der Waals surface area contributed by atoms with Gasteiger partial charge in [-0.15, -0.1) is 0 Å². The number of urea groups is 1. The summed E-state index contributed by atoms with van der Waals surface area (Å²) in [7, 11) is 0. The molecule has 1 heterocycles. The van der Waals surface area contributed by atoms with Crippen molar-refractivity contribution in [3.8, 4) is 0 Å². The van der Waals surface area contributed by atoms with E-state index in [2.05, 4.69) is 36.6 Å². The number of carbonyl (C=O) groups is 2. The van der Waals surface area contributed by atoms with Crippen molar-refractivity contribution >= 4 is 17.6 Å². The molecule has 0 radical (unpaired) electrons. The minimum Gasteiger partial charge on any atom is -0.338 e. The molecule has 3 rings (SSSR count). The van der Waals surface area contributed by atoms with E-state index < -0.39 is 0 Å². The van der Waals surface area contributed by atoms with Gasteiger partial charge in [0.1, 0.15) is 0 Å². The average molecular weight is 372 g/mol. The molecule has 0 aromatic heterocycles. The summed E-state index contributed by atoms with van der Waals surface area (Å²) < 4.78 is 0. The first-order valence-electron chi connectivity index (χ1n) is 10.5. The molecule has 1 aliphatic heterocycles. The Bertz CT molecular complexity index is 680. The van der Waals surface area contributed by atoms with Crippen molar-refractivity contribution in [2.45, 2.75) is 77.7 Å². The monoisotopic (exact) mass is 371 g/mol. The summed E-state index contributed by atoms with van der Waals surface area (Å²) in [4.78, 5) is 26.7. The highest BCUT2D eigenvalue weighted by Gasteiger charge is 2.23. The SMILES string of the molecule is Cc1cc(C)c2c(c1)N(C(=O)CCCNC(=O)NC1CCCCC1)CCC2. The van der Waals surface area contributed by atoms with Crippen molar-refractivity contribution in [3.63, 3.8) is 0 Å². The van der Waals surface area contributed by atoms with Gasteiger partial charge in [-0.25, -0.2) is 4.79 Å². The van der Waals surface area contributed by atoms with Crippen LogP contribution < -0.4 is 15.5 Å². The van der Waals surface area contributed by atoms with E-state index >= 15 is 0 Å². The Hall–Kier alpha value is -2.04. The van der Waals surface area contributed by atoms with E-state index in [1.807, 2.05) is 4.90 Å². The molecule has 2 N–H and O–H groups in total. The van der Waals surface area contributed by atoms with Crippen LogP contribution in [0.25, 0.3) is 0 Å². The van der Waals surface area contributed by atoms with Crippen LogP contribution in [0, 0.1) is 13.8 Å². The summed E-state index contributed by atoms with van der Waals surface area (Å²) in [5.74, 6) is 0.162. The van der Waals surface area contributed by atoms with Gasteiger partial charge in [0, 0.05) is 31.2 Å². The zero-order valence-corrected chi connectivity index (χ0v) is 16.8. The standard InChI is InChI=1S/C22H33N3O2/c1-16-14-17(2)19-10-7-13-25(20(19)15-16)21(26)11-6-12-23-22(27)24-18-8-4-3-5-9-18/h14-15,18H,3-13H2,1-2H3,(H2,23,24,27). The van der Waals surface area contributed by atoms with Gasteiger partial charge >= 0.3 is 6.03 Å². The summed E-state index contributed by atoms with van der Waals surface area (Å²) in [5.41, 5.74) is 4.88. The highest BCUT2D eigenvalue weighted by molar-refractivity contribution is 5.95. The summed E-state index contributed by atoms with van der Waals surface area (Å²) >= 11 is 0.